The molecule has 0 N–H and O–H groups in total. The molecule has 2 aromatic carbocycles. The summed E-state index contributed by atoms with van der Waals surface area (Å²) >= 11 is 0. The van der Waals surface area contributed by atoms with Gasteiger partial charge in [0.15, 0.2) is 0 Å². The first kappa shape index (κ1) is 25.5. The van der Waals surface area contributed by atoms with E-state index in [0.29, 0.717) is 11.3 Å². The first-order valence-corrected chi connectivity index (χ1v) is 12.7. The maximum Gasteiger partial charge on any atom is 0.343 e. The molecule has 0 amide bonds. The SMILES string of the molecule is CCCCCCCOc1ccc(-c2ccc(OC(=O)c3ccc(CCCCC)cc3)cc2)nc1. The average molecular weight is 460 g/mol. The number of hydrogen-bond acceptors (Lipinski definition) is 4. The molecule has 0 saturated heterocycles. The summed E-state index contributed by atoms with van der Waals surface area (Å²) in [6.07, 6.45) is 12.5. The number of hydrogen-bond donors (Lipinski definition) is 0. The molecule has 0 spiro atoms. The standard InChI is InChI=1S/C30H37NO3/c1-3-5-7-8-10-22-33-28-20-21-29(31-23-28)25-16-18-27(19-17-25)34-30(32)26-14-12-24(13-15-26)11-9-6-4-2/h12-21,23H,3-11,22H2,1-2H3. The van der Waals surface area contributed by atoms with Crippen LogP contribution in [0, 0.1) is 0 Å². The van der Waals surface area contributed by atoms with E-state index in [0.717, 1.165) is 36.5 Å². The second kappa shape index (κ2) is 14.2. The maximum absolute atomic E-state index is 12.5. The van der Waals surface area contributed by atoms with E-state index < -0.39 is 0 Å². The number of aryl methyl sites for hydroxylation is 1. The van der Waals surface area contributed by atoms with Gasteiger partial charge in [-0.05, 0) is 73.4 Å². The molecule has 0 aliphatic heterocycles. The van der Waals surface area contributed by atoms with Gasteiger partial charge < -0.3 is 9.47 Å². The van der Waals surface area contributed by atoms with E-state index in [1.807, 2.05) is 48.5 Å². The summed E-state index contributed by atoms with van der Waals surface area (Å²) in [5.74, 6) is 0.965. The molecule has 3 rings (SSSR count). The van der Waals surface area contributed by atoms with Crippen molar-refractivity contribution < 1.29 is 14.3 Å². The Kier molecular flexibility index (Phi) is 10.6. The van der Waals surface area contributed by atoms with Crippen LogP contribution in [0.3, 0.4) is 0 Å². The van der Waals surface area contributed by atoms with Crippen LogP contribution in [0.5, 0.6) is 11.5 Å². The molecule has 3 aromatic rings. The number of rotatable bonds is 14. The molecule has 4 nitrogen and oxygen atoms in total. The van der Waals surface area contributed by atoms with E-state index in [4.69, 9.17) is 9.47 Å². The van der Waals surface area contributed by atoms with Gasteiger partial charge in [-0.15, -0.1) is 0 Å². The van der Waals surface area contributed by atoms with Gasteiger partial charge in [-0.3, -0.25) is 4.98 Å². The molecule has 0 saturated carbocycles. The summed E-state index contributed by atoms with van der Waals surface area (Å²) in [6, 6.07) is 19.1. The molecule has 4 heteroatoms. The van der Waals surface area contributed by atoms with Crippen molar-refractivity contribution in [3.05, 3.63) is 78.0 Å². The summed E-state index contributed by atoms with van der Waals surface area (Å²) in [4.78, 5) is 17.0. The van der Waals surface area contributed by atoms with Gasteiger partial charge in [-0.2, -0.15) is 0 Å². The largest absolute Gasteiger partial charge is 0.492 e. The molecule has 0 fully saturated rings. The molecule has 0 unspecified atom stereocenters. The predicted molar refractivity (Wildman–Crippen MR) is 139 cm³/mol. The van der Waals surface area contributed by atoms with Crippen LogP contribution in [0.4, 0.5) is 0 Å². The van der Waals surface area contributed by atoms with Crippen LogP contribution in [0.2, 0.25) is 0 Å². The Bertz CT molecular complexity index is 979. The number of carbonyl (C=O) groups is 1. The summed E-state index contributed by atoms with van der Waals surface area (Å²) in [6.45, 7) is 5.15. The Balaban J connectivity index is 1.48. The molecule has 0 bridgehead atoms. The smallest absolute Gasteiger partial charge is 0.343 e. The first-order chi connectivity index (χ1) is 16.7. The Morgan fingerprint density at radius 1 is 0.735 bits per heavy atom. The maximum atomic E-state index is 12.5. The van der Waals surface area contributed by atoms with Crippen molar-refractivity contribution in [3.63, 3.8) is 0 Å². The highest BCUT2D eigenvalue weighted by molar-refractivity contribution is 5.91. The third kappa shape index (κ3) is 8.33. The third-order valence-corrected chi connectivity index (χ3v) is 5.87. The lowest BCUT2D eigenvalue weighted by molar-refractivity contribution is 0.0735. The Morgan fingerprint density at radius 3 is 2.09 bits per heavy atom. The summed E-state index contributed by atoms with van der Waals surface area (Å²) in [5, 5.41) is 0. The normalized spacial score (nSPS) is 10.8. The second-order valence-electron chi connectivity index (χ2n) is 8.71. The van der Waals surface area contributed by atoms with Crippen LogP contribution >= 0.6 is 0 Å². The topological polar surface area (TPSA) is 48.4 Å². The average Bonchev–Trinajstić information content (AvgIpc) is 2.87. The van der Waals surface area contributed by atoms with Gasteiger partial charge in [0.2, 0.25) is 0 Å². The number of carbonyl (C=O) groups excluding carboxylic acids is 1. The molecule has 180 valence electrons. The first-order valence-electron chi connectivity index (χ1n) is 12.7. The summed E-state index contributed by atoms with van der Waals surface area (Å²) in [5.41, 5.74) is 3.63. The summed E-state index contributed by atoms with van der Waals surface area (Å²) < 4.78 is 11.3. The van der Waals surface area contributed by atoms with Crippen molar-refractivity contribution in [1.29, 1.82) is 0 Å². The molecular formula is C30H37NO3. The van der Waals surface area contributed by atoms with Gasteiger partial charge in [0.25, 0.3) is 0 Å². The van der Waals surface area contributed by atoms with E-state index in [1.165, 1.54) is 50.5 Å². The van der Waals surface area contributed by atoms with Crippen LogP contribution in [-0.4, -0.2) is 17.6 Å². The van der Waals surface area contributed by atoms with E-state index in [1.54, 1.807) is 18.3 Å². The van der Waals surface area contributed by atoms with Crippen LogP contribution in [0.15, 0.2) is 66.9 Å². The molecule has 34 heavy (non-hydrogen) atoms. The van der Waals surface area contributed by atoms with Gasteiger partial charge in [-0.25, -0.2) is 4.79 Å². The van der Waals surface area contributed by atoms with Crippen molar-refractivity contribution >= 4 is 5.97 Å². The lowest BCUT2D eigenvalue weighted by Gasteiger charge is -2.08. The van der Waals surface area contributed by atoms with E-state index in [2.05, 4.69) is 18.8 Å². The van der Waals surface area contributed by atoms with E-state index in [-0.39, 0.29) is 5.97 Å². The zero-order valence-corrected chi connectivity index (χ0v) is 20.6. The highest BCUT2D eigenvalue weighted by atomic mass is 16.5. The van der Waals surface area contributed by atoms with Crippen molar-refractivity contribution in [3.8, 4) is 22.8 Å². The van der Waals surface area contributed by atoms with Crippen LogP contribution in [-0.2, 0) is 6.42 Å². The minimum atomic E-state index is -0.345. The molecule has 0 aliphatic rings. The van der Waals surface area contributed by atoms with Gasteiger partial charge in [0, 0.05) is 5.56 Å². The molecular weight excluding hydrogens is 422 g/mol. The Hall–Kier alpha value is -3.14. The molecule has 1 aromatic heterocycles. The van der Waals surface area contributed by atoms with E-state index in [9.17, 15) is 4.79 Å². The number of benzene rings is 2. The quantitative estimate of drug-likeness (QED) is 0.139. The van der Waals surface area contributed by atoms with Gasteiger partial charge in [0.05, 0.1) is 24.1 Å². The monoisotopic (exact) mass is 459 g/mol. The number of pyridine rings is 1. The van der Waals surface area contributed by atoms with Crippen LogP contribution in [0.1, 0.15) is 81.1 Å². The van der Waals surface area contributed by atoms with Gasteiger partial charge in [-0.1, -0.05) is 64.5 Å². The van der Waals surface area contributed by atoms with Crippen molar-refractivity contribution in [2.24, 2.45) is 0 Å². The lowest BCUT2D eigenvalue weighted by Crippen LogP contribution is -2.08. The predicted octanol–water partition coefficient (Wildman–Crippen LogP) is 8.05. The van der Waals surface area contributed by atoms with Crippen LogP contribution < -0.4 is 9.47 Å². The fraction of sp³-hybridized carbons (Fsp3) is 0.400. The lowest BCUT2D eigenvalue weighted by atomic mass is 10.1. The fourth-order valence-corrected chi connectivity index (χ4v) is 3.78. The zero-order valence-electron chi connectivity index (χ0n) is 20.6. The second-order valence-corrected chi connectivity index (χ2v) is 8.71. The Morgan fingerprint density at radius 2 is 1.41 bits per heavy atom. The molecule has 0 aliphatic carbocycles. The summed E-state index contributed by atoms with van der Waals surface area (Å²) in [7, 11) is 0. The minimum Gasteiger partial charge on any atom is -0.492 e. The Labute approximate surface area is 204 Å². The number of esters is 1. The minimum absolute atomic E-state index is 0.345. The van der Waals surface area contributed by atoms with Gasteiger partial charge >= 0.3 is 5.97 Å². The number of aromatic nitrogens is 1. The van der Waals surface area contributed by atoms with Crippen molar-refractivity contribution in [2.75, 3.05) is 6.61 Å². The number of nitrogens with zero attached hydrogens (tertiary/aromatic N) is 1. The van der Waals surface area contributed by atoms with Gasteiger partial charge in [0.1, 0.15) is 11.5 Å². The zero-order chi connectivity index (χ0) is 24.0. The third-order valence-electron chi connectivity index (χ3n) is 5.87. The highest BCUT2D eigenvalue weighted by Crippen LogP contribution is 2.23. The van der Waals surface area contributed by atoms with Crippen LogP contribution in [0.25, 0.3) is 11.3 Å². The number of unbranched alkanes of at least 4 members (excludes halogenated alkanes) is 6. The number of ether oxygens (including phenoxy) is 2. The van der Waals surface area contributed by atoms with Crippen molar-refractivity contribution in [2.45, 2.75) is 71.6 Å². The van der Waals surface area contributed by atoms with E-state index >= 15 is 0 Å². The molecule has 1 heterocycles. The highest BCUT2D eigenvalue weighted by Gasteiger charge is 2.09. The molecule has 0 radical (unpaired) electrons. The fourth-order valence-electron chi connectivity index (χ4n) is 3.78. The molecule has 0 atom stereocenters. The van der Waals surface area contributed by atoms with Crippen molar-refractivity contribution in [1.82, 2.24) is 4.98 Å².